The lowest BCUT2D eigenvalue weighted by molar-refractivity contribution is -0.137. The van der Waals surface area contributed by atoms with Gasteiger partial charge >= 0.3 is 6.18 Å². The van der Waals surface area contributed by atoms with Crippen molar-refractivity contribution in [2.24, 2.45) is 0 Å². The molecular weight excluding hydrogens is 269 g/mol. The Morgan fingerprint density at radius 3 is 2.35 bits per heavy atom. The number of rotatable bonds is 2. The Balaban J connectivity index is 2.30. The highest BCUT2D eigenvalue weighted by molar-refractivity contribution is 6.11. The largest absolute Gasteiger partial charge is 0.416 e. The SMILES string of the molecule is N#C/C(C(=O)c1ccc(C(F)(F)F)cc1)=C1\CCCN1. The molecule has 1 fully saturated rings. The van der Waals surface area contributed by atoms with Gasteiger partial charge in [-0.3, -0.25) is 4.79 Å². The van der Waals surface area contributed by atoms with E-state index in [2.05, 4.69) is 5.32 Å². The second kappa shape index (κ2) is 5.37. The summed E-state index contributed by atoms with van der Waals surface area (Å²) in [6.07, 6.45) is -3.00. The Hall–Kier alpha value is -2.29. The van der Waals surface area contributed by atoms with E-state index < -0.39 is 17.5 Å². The molecule has 0 aliphatic carbocycles. The number of carbonyl (C=O) groups excluding carboxylic acids is 1. The van der Waals surface area contributed by atoms with Gasteiger partial charge in [0.2, 0.25) is 5.78 Å². The highest BCUT2D eigenvalue weighted by Gasteiger charge is 2.30. The number of nitrogens with zero attached hydrogens (tertiary/aromatic N) is 1. The van der Waals surface area contributed by atoms with Gasteiger partial charge < -0.3 is 5.32 Å². The van der Waals surface area contributed by atoms with Crippen LogP contribution in [0, 0.1) is 11.3 Å². The standard InChI is InChI=1S/C14H11F3N2O/c15-14(16,17)10-5-3-9(4-6-10)13(20)11(8-18)12-2-1-7-19-12/h3-6,19H,1-2,7H2/b12-11-. The minimum atomic E-state index is -4.44. The lowest BCUT2D eigenvalue weighted by atomic mass is 10.0. The lowest BCUT2D eigenvalue weighted by Crippen LogP contribution is -2.13. The lowest BCUT2D eigenvalue weighted by Gasteiger charge is -2.08. The topological polar surface area (TPSA) is 52.9 Å². The van der Waals surface area contributed by atoms with E-state index in [1.807, 2.05) is 6.07 Å². The molecule has 1 aromatic carbocycles. The van der Waals surface area contributed by atoms with Crippen LogP contribution in [0.15, 0.2) is 35.5 Å². The number of Topliss-reactive ketones (excluding diaryl/α,β-unsaturated/α-hetero) is 1. The van der Waals surface area contributed by atoms with Crippen LogP contribution in [0.4, 0.5) is 13.2 Å². The van der Waals surface area contributed by atoms with Crippen LogP contribution < -0.4 is 5.32 Å². The van der Waals surface area contributed by atoms with Crippen LogP contribution >= 0.6 is 0 Å². The summed E-state index contributed by atoms with van der Waals surface area (Å²) in [5, 5.41) is 12.0. The number of nitrogens with one attached hydrogen (secondary N) is 1. The Morgan fingerprint density at radius 2 is 1.90 bits per heavy atom. The molecule has 0 amide bonds. The van der Waals surface area contributed by atoms with Gasteiger partial charge in [-0.05, 0) is 25.0 Å². The quantitative estimate of drug-likeness (QED) is 0.514. The number of alkyl halides is 3. The molecule has 1 aromatic rings. The first-order valence-corrected chi connectivity index (χ1v) is 6.02. The van der Waals surface area contributed by atoms with Gasteiger partial charge in [-0.2, -0.15) is 18.4 Å². The number of halogens is 3. The van der Waals surface area contributed by atoms with E-state index in [0.717, 1.165) is 30.7 Å². The van der Waals surface area contributed by atoms with E-state index in [9.17, 15) is 18.0 Å². The third-order valence-electron chi connectivity index (χ3n) is 3.06. The van der Waals surface area contributed by atoms with Crippen molar-refractivity contribution < 1.29 is 18.0 Å². The van der Waals surface area contributed by atoms with Gasteiger partial charge in [0.25, 0.3) is 0 Å². The van der Waals surface area contributed by atoms with Crippen LogP contribution in [-0.4, -0.2) is 12.3 Å². The van der Waals surface area contributed by atoms with Crippen molar-refractivity contribution in [2.45, 2.75) is 19.0 Å². The van der Waals surface area contributed by atoms with Gasteiger partial charge in [0.05, 0.1) is 5.56 Å². The summed E-state index contributed by atoms with van der Waals surface area (Å²) < 4.78 is 37.3. The molecule has 3 nitrogen and oxygen atoms in total. The maximum atomic E-state index is 12.4. The summed E-state index contributed by atoms with van der Waals surface area (Å²) in [6.45, 7) is 0.695. The third-order valence-corrected chi connectivity index (χ3v) is 3.06. The van der Waals surface area contributed by atoms with Crippen LogP contribution in [0.5, 0.6) is 0 Å². The second-order valence-corrected chi connectivity index (χ2v) is 4.40. The van der Waals surface area contributed by atoms with Crippen molar-refractivity contribution in [3.63, 3.8) is 0 Å². The molecule has 1 saturated heterocycles. The Bertz CT molecular complexity index is 586. The number of hydrogen-bond donors (Lipinski definition) is 1. The van der Waals surface area contributed by atoms with Gasteiger partial charge in [-0.25, -0.2) is 0 Å². The first-order valence-electron chi connectivity index (χ1n) is 6.02. The minimum absolute atomic E-state index is 0.0257. The predicted molar refractivity (Wildman–Crippen MR) is 65.7 cm³/mol. The van der Waals surface area contributed by atoms with Crippen molar-refractivity contribution in [1.29, 1.82) is 5.26 Å². The molecule has 0 bridgehead atoms. The number of hydrogen-bond acceptors (Lipinski definition) is 3. The molecule has 0 spiro atoms. The first-order chi connectivity index (χ1) is 9.43. The van der Waals surface area contributed by atoms with E-state index >= 15 is 0 Å². The summed E-state index contributed by atoms with van der Waals surface area (Å²) in [6, 6.07) is 5.71. The number of benzene rings is 1. The number of carbonyl (C=O) groups is 1. The molecule has 0 saturated carbocycles. The number of allylic oxidation sites excluding steroid dienone is 2. The Labute approximate surface area is 113 Å². The average Bonchev–Trinajstić information content (AvgIpc) is 2.92. The maximum absolute atomic E-state index is 12.4. The van der Waals surface area contributed by atoms with Crippen molar-refractivity contribution in [3.05, 3.63) is 46.7 Å². The Morgan fingerprint density at radius 1 is 1.25 bits per heavy atom. The highest BCUT2D eigenvalue weighted by Crippen LogP contribution is 2.29. The predicted octanol–water partition coefficient (Wildman–Crippen LogP) is 3.05. The molecule has 104 valence electrons. The second-order valence-electron chi connectivity index (χ2n) is 4.40. The molecule has 0 radical (unpaired) electrons. The smallest absolute Gasteiger partial charge is 0.387 e. The Kier molecular flexibility index (Phi) is 3.79. The molecule has 2 rings (SSSR count). The van der Waals surface area contributed by atoms with Gasteiger partial charge in [0, 0.05) is 17.8 Å². The fourth-order valence-corrected chi connectivity index (χ4v) is 2.02. The fourth-order valence-electron chi connectivity index (χ4n) is 2.02. The molecule has 6 heteroatoms. The zero-order valence-corrected chi connectivity index (χ0v) is 10.4. The maximum Gasteiger partial charge on any atom is 0.416 e. The van der Waals surface area contributed by atoms with Crippen molar-refractivity contribution in [1.82, 2.24) is 5.32 Å². The van der Waals surface area contributed by atoms with Crippen molar-refractivity contribution in [2.75, 3.05) is 6.54 Å². The van der Waals surface area contributed by atoms with Crippen LogP contribution in [0.3, 0.4) is 0 Å². The van der Waals surface area contributed by atoms with Gasteiger partial charge in [0.15, 0.2) is 0 Å². The zero-order valence-electron chi connectivity index (χ0n) is 10.4. The molecule has 1 N–H and O–H groups in total. The highest BCUT2D eigenvalue weighted by atomic mass is 19.4. The minimum Gasteiger partial charge on any atom is -0.387 e. The average molecular weight is 280 g/mol. The van der Waals surface area contributed by atoms with Gasteiger partial charge in [0.1, 0.15) is 11.6 Å². The van der Waals surface area contributed by atoms with Crippen LogP contribution in [0.1, 0.15) is 28.8 Å². The van der Waals surface area contributed by atoms with E-state index in [0.29, 0.717) is 18.7 Å². The summed E-state index contributed by atoms with van der Waals surface area (Å²) in [4.78, 5) is 12.1. The molecular formula is C14H11F3N2O. The monoisotopic (exact) mass is 280 g/mol. The fraction of sp³-hybridized carbons (Fsp3) is 0.286. The normalized spacial score (nSPS) is 17.3. The van der Waals surface area contributed by atoms with Crippen molar-refractivity contribution >= 4 is 5.78 Å². The van der Waals surface area contributed by atoms with E-state index in [1.54, 1.807) is 0 Å². The number of nitriles is 1. The summed E-state index contributed by atoms with van der Waals surface area (Å²) in [5.74, 6) is -0.550. The van der Waals surface area contributed by atoms with E-state index in [1.165, 1.54) is 0 Å². The molecule has 1 aliphatic heterocycles. The van der Waals surface area contributed by atoms with Crippen LogP contribution in [0.2, 0.25) is 0 Å². The zero-order chi connectivity index (χ0) is 14.8. The van der Waals surface area contributed by atoms with Gasteiger partial charge in [-0.15, -0.1) is 0 Å². The summed E-state index contributed by atoms with van der Waals surface area (Å²) in [7, 11) is 0. The summed E-state index contributed by atoms with van der Waals surface area (Å²) >= 11 is 0. The first kappa shape index (κ1) is 14.1. The molecule has 0 atom stereocenters. The summed E-state index contributed by atoms with van der Waals surface area (Å²) in [5.41, 5.74) is -0.199. The van der Waals surface area contributed by atoms with E-state index in [4.69, 9.17) is 5.26 Å². The van der Waals surface area contributed by atoms with Gasteiger partial charge in [-0.1, -0.05) is 12.1 Å². The van der Waals surface area contributed by atoms with Crippen LogP contribution in [0.25, 0.3) is 0 Å². The van der Waals surface area contributed by atoms with Crippen LogP contribution in [-0.2, 0) is 6.18 Å². The molecule has 1 aliphatic rings. The molecule has 1 heterocycles. The molecule has 0 aromatic heterocycles. The number of ketones is 1. The third kappa shape index (κ3) is 2.82. The molecule has 0 unspecified atom stereocenters. The van der Waals surface area contributed by atoms with Crippen molar-refractivity contribution in [3.8, 4) is 6.07 Å². The van der Waals surface area contributed by atoms with E-state index in [-0.39, 0.29) is 11.1 Å². The molecule has 20 heavy (non-hydrogen) atoms.